The van der Waals surface area contributed by atoms with Crippen LogP contribution >= 0.6 is 0 Å². The number of rotatable bonds is 5. The second kappa shape index (κ2) is 6.96. The fraction of sp³-hybridized carbons (Fsp3) is 0.227. The first-order valence-electron chi connectivity index (χ1n) is 9.21. The number of imidazole rings is 1. The number of carbonyl (C=O) groups is 1. The number of H-pyrrole nitrogens is 1. The van der Waals surface area contributed by atoms with E-state index in [0.717, 1.165) is 50.5 Å². The lowest BCUT2D eigenvalue weighted by atomic mass is 10.0. The maximum atomic E-state index is 11.1. The Hall–Kier alpha value is -3.41. The molecule has 6 heteroatoms. The molecule has 0 radical (unpaired) electrons. The molecule has 2 N–H and O–H groups in total. The monoisotopic (exact) mass is 374 g/mol. The number of hydrogen-bond donors (Lipinski definition) is 2. The van der Waals surface area contributed by atoms with Gasteiger partial charge in [0.2, 0.25) is 0 Å². The molecule has 0 bridgehead atoms. The average molecular weight is 374 g/mol. The Morgan fingerprint density at radius 3 is 2.64 bits per heavy atom. The van der Waals surface area contributed by atoms with Crippen molar-refractivity contribution in [2.75, 3.05) is 0 Å². The van der Waals surface area contributed by atoms with Crippen molar-refractivity contribution >= 4 is 17.0 Å². The summed E-state index contributed by atoms with van der Waals surface area (Å²) >= 11 is 0. The quantitative estimate of drug-likeness (QED) is 0.552. The lowest BCUT2D eigenvalue weighted by molar-refractivity contribution is -0.136. The fourth-order valence-corrected chi connectivity index (χ4v) is 3.64. The van der Waals surface area contributed by atoms with Crippen molar-refractivity contribution in [1.82, 2.24) is 19.7 Å². The number of hydrogen-bond acceptors (Lipinski definition) is 3. The van der Waals surface area contributed by atoms with E-state index in [4.69, 9.17) is 5.11 Å². The third-order valence-corrected chi connectivity index (χ3v) is 5.13. The number of carboxylic acids is 1. The molecule has 0 saturated heterocycles. The van der Waals surface area contributed by atoms with Gasteiger partial charge in [-0.2, -0.15) is 5.10 Å². The van der Waals surface area contributed by atoms with Crippen molar-refractivity contribution in [3.05, 3.63) is 70.5 Å². The minimum Gasteiger partial charge on any atom is -0.481 e. The summed E-state index contributed by atoms with van der Waals surface area (Å²) in [5.74, 6) is 0.0249. The van der Waals surface area contributed by atoms with Crippen LogP contribution in [-0.4, -0.2) is 30.8 Å². The van der Waals surface area contributed by atoms with Gasteiger partial charge in [-0.15, -0.1) is 0 Å². The van der Waals surface area contributed by atoms with E-state index in [1.807, 2.05) is 42.8 Å². The van der Waals surface area contributed by atoms with Crippen molar-refractivity contribution in [3.63, 3.8) is 0 Å². The second-order valence-electron chi connectivity index (χ2n) is 7.13. The SMILES string of the molecule is Cc1cc(Cn2nc(C)c(CC(=O)O)c2C)ccc1-c1nc2ccccc2[nH]1. The van der Waals surface area contributed by atoms with Gasteiger partial charge in [-0.1, -0.05) is 30.3 Å². The summed E-state index contributed by atoms with van der Waals surface area (Å²) in [7, 11) is 0. The van der Waals surface area contributed by atoms with Gasteiger partial charge in [0.1, 0.15) is 5.82 Å². The molecule has 4 aromatic rings. The maximum Gasteiger partial charge on any atom is 0.307 e. The molecule has 28 heavy (non-hydrogen) atoms. The zero-order valence-corrected chi connectivity index (χ0v) is 16.2. The summed E-state index contributed by atoms with van der Waals surface area (Å²) in [6.45, 7) is 6.46. The highest BCUT2D eigenvalue weighted by atomic mass is 16.4. The van der Waals surface area contributed by atoms with E-state index in [1.54, 1.807) is 0 Å². The Morgan fingerprint density at radius 1 is 1.14 bits per heavy atom. The molecule has 0 amide bonds. The zero-order chi connectivity index (χ0) is 19.8. The smallest absolute Gasteiger partial charge is 0.307 e. The van der Waals surface area contributed by atoms with Gasteiger partial charge < -0.3 is 10.1 Å². The summed E-state index contributed by atoms with van der Waals surface area (Å²) < 4.78 is 1.88. The highest BCUT2D eigenvalue weighted by Gasteiger charge is 2.15. The predicted molar refractivity (Wildman–Crippen MR) is 108 cm³/mol. The summed E-state index contributed by atoms with van der Waals surface area (Å²) in [5.41, 5.74) is 7.76. The summed E-state index contributed by atoms with van der Waals surface area (Å²) in [6, 6.07) is 14.3. The highest BCUT2D eigenvalue weighted by molar-refractivity contribution is 5.79. The minimum absolute atomic E-state index is 0.00167. The van der Waals surface area contributed by atoms with Crippen molar-refractivity contribution in [3.8, 4) is 11.4 Å². The first-order chi connectivity index (χ1) is 13.4. The van der Waals surface area contributed by atoms with Gasteiger partial charge in [0, 0.05) is 16.8 Å². The number of fused-ring (bicyclic) bond motifs is 1. The van der Waals surface area contributed by atoms with Crippen LogP contribution in [-0.2, 0) is 17.8 Å². The molecular formula is C22H22N4O2. The molecular weight excluding hydrogens is 352 g/mol. The third-order valence-electron chi connectivity index (χ3n) is 5.13. The molecule has 142 valence electrons. The van der Waals surface area contributed by atoms with Gasteiger partial charge in [-0.3, -0.25) is 9.48 Å². The lowest BCUT2D eigenvalue weighted by Crippen LogP contribution is -2.06. The van der Waals surface area contributed by atoms with E-state index in [9.17, 15) is 4.79 Å². The normalized spacial score (nSPS) is 11.2. The van der Waals surface area contributed by atoms with Crippen molar-refractivity contribution in [2.45, 2.75) is 33.7 Å². The first-order valence-corrected chi connectivity index (χ1v) is 9.21. The molecule has 0 aliphatic carbocycles. The Balaban J connectivity index is 1.63. The van der Waals surface area contributed by atoms with Crippen LogP contribution < -0.4 is 0 Å². The molecule has 2 aromatic heterocycles. The number of aryl methyl sites for hydroxylation is 2. The Bertz CT molecular complexity index is 1150. The molecule has 0 aliphatic rings. The van der Waals surface area contributed by atoms with Crippen molar-refractivity contribution in [1.29, 1.82) is 0 Å². The highest BCUT2D eigenvalue weighted by Crippen LogP contribution is 2.25. The molecule has 0 aliphatic heterocycles. The Labute approximate surface area is 162 Å². The predicted octanol–water partition coefficient (Wildman–Crippen LogP) is 4.03. The van der Waals surface area contributed by atoms with E-state index in [1.165, 1.54) is 0 Å². The Kier molecular flexibility index (Phi) is 4.47. The van der Waals surface area contributed by atoms with E-state index >= 15 is 0 Å². The minimum atomic E-state index is -0.836. The van der Waals surface area contributed by atoms with Crippen LogP contribution in [0.5, 0.6) is 0 Å². The molecule has 0 spiro atoms. The lowest BCUT2D eigenvalue weighted by Gasteiger charge is -2.09. The number of nitrogens with zero attached hydrogens (tertiary/aromatic N) is 3. The molecule has 6 nitrogen and oxygen atoms in total. The van der Waals surface area contributed by atoms with Gasteiger partial charge >= 0.3 is 5.97 Å². The largest absolute Gasteiger partial charge is 0.481 e. The van der Waals surface area contributed by atoms with Crippen molar-refractivity contribution in [2.24, 2.45) is 0 Å². The van der Waals surface area contributed by atoms with Crippen LogP contribution in [0.4, 0.5) is 0 Å². The number of para-hydroxylation sites is 2. The first kappa shape index (κ1) is 18.0. The molecule has 2 aromatic carbocycles. The van der Waals surface area contributed by atoms with E-state index in [2.05, 4.69) is 40.2 Å². The van der Waals surface area contributed by atoms with E-state index < -0.39 is 5.97 Å². The van der Waals surface area contributed by atoms with Crippen LogP contribution in [0.15, 0.2) is 42.5 Å². The molecule has 4 rings (SSSR count). The van der Waals surface area contributed by atoms with Crippen LogP contribution in [0, 0.1) is 20.8 Å². The van der Waals surface area contributed by atoms with Gasteiger partial charge in [0.15, 0.2) is 0 Å². The molecule has 0 saturated carbocycles. The number of aliphatic carboxylic acids is 1. The zero-order valence-electron chi connectivity index (χ0n) is 16.2. The van der Waals surface area contributed by atoms with Crippen LogP contribution in [0.2, 0.25) is 0 Å². The number of carboxylic acid groups (broad SMARTS) is 1. The Morgan fingerprint density at radius 2 is 1.93 bits per heavy atom. The number of aromatic amines is 1. The van der Waals surface area contributed by atoms with Crippen LogP contribution in [0.1, 0.15) is 28.1 Å². The van der Waals surface area contributed by atoms with Crippen LogP contribution in [0.3, 0.4) is 0 Å². The standard InChI is InChI=1S/C22H22N4O2/c1-13-10-16(12-26-15(3)18(11-21(27)28)14(2)25-26)8-9-17(13)22-23-19-6-4-5-7-20(19)24-22/h4-10H,11-12H2,1-3H3,(H,23,24)(H,27,28). The van der Waals surface area contributed by atoms with Gasteiger partial charge in [0.05, 0.1) is 29.7 Å². The number of nitrogens with one attached hydrogen (secondary N) is 1. The number of aromatic nitrogens is 4. The van der Waals surface area contributed by atoms with Gasteiger partial charge in [0.25, 0.3) is 0 Å². The molecule has 0 unspecified atom stereocenters. The number of benzene rings is 2. The van der Waals surface area contributed by atoms with E-state index in [-0.39, 0.29) is 6.42 Å². The molecule has 0 fully saturated rings. The third kappa shape index (κ3) is 3.29. The molecule has 2 heterocycles. The maximum absolute atomic E-state index is 11.1. The van der Waals surface area contributed by atoms with Crippen LogP contribution in [0.25, 0.3) is 22.4 Å². The second-order valence-corrected chi connectivity index (χ2v) is 7.13. The fourth-order valence-electron chi connectivity index (χ4n) is 3.64. The van der Waals surface area contributed by atoms with E-state index in [0.29, 0.717) is 6.54 Å². The van der Waals surface area contributed by atoms with Gasteiger partial charge in [-0.05, 0) is 44.0 Å². The molecule has 0 atom stereocenters. The summed E-state index contributed by atoms with van der Waals surface area (Å²) in [5, 5.41) is 13.6. The van der Waals surface area contributed by atoms with Gasteiger partial charge in [-0.25, -0.2) is 4.98 Å². The summed E-state index contributed by atoms with van der Waals surface area (Å²) in [6.07, 6.45) is 0.00167. The topological polar surface area (TPSA) is 83.8 Å². The summed E-state index contributed by atoms with van der Waals surface area (Å²) in [4.78, 5) is 19.1. The van der Waals surface area contributed by atoms with Crippen molar-refractivity contribution < 1.29 is 9.90 Å². The average Bonchev–Trinajstić information content (AvgIpc) is 3.18.